The Labute approximate surface area is 109 Å². The van der Waals surface area contributed by atoms with Gasteiger partial charge >= 0.3 is 0 Å². The molecule has 7 heteroatoms. The second-order valence-electron chi connectivity index (χ2n) is 4.04. The monoisotopic (exact) mass is 264 g/mol. The van der Waals surface area contributed by atoms with Gasteiger partial charge in [0, 0.05) is 44.0 Å². The summed E-state index contributed by atoms with van der Waals surface area (Å²) in [4.78, 5) is 10.3. The van der Waals surface area contributed by atoms with Crippen molar-refractivity contribution in [2.45, 2.75) is 6.42 Å². The van der Waals surface area contributed by atoms with Gasteiger partial charge in [-0.25, -0.2) is 4.39 Å². The number of nitro benzene ring substituents is 1. The molecule has 19 heavy (non-hydrogen) atoms. The van der Waals surface area contributed by atoms with E-state index in [1.54, 1.807) is 10.9 Å². The quantitative estimate of drug-likeness (QED) is 0.663. The molecule has 100 valence electrons. The number of hydrogen-bond donors (Lipinski definition) is 1. The summed E-state index contributed by atoms with van der Waals surface area (Å²) in [6.45, 7) is 0.462. The van der Waals surface area contributed by atoms with Gasteiger partial charge in [0.2, 0.25) is 0 Å². The zero-order chi connectivity index (χ0) is 13.8. The average molecular weight is 264 g/mol. The highest BCUT2D eigenvalue weighted by molar-refractivity contribution is 5.61. The molecule has 2 rings (SSSR count). The van der Waals surface area contributed by atoms with Gasteiger partial charge in [0.25, 0.3) is 5.69 Å². The van der Waals surface area contributed by atoms with Gasteiger partial charge < -0.3 is 5.32 Å². The van der Waals surface area contributed by atoms with Crippen LogP contribution in [0.5, 0.6) is 0 Å². The third-order valence-corrected chi connectivity index (χ3v) is 2.77. The zero-order valence-corrected chi connectivity index (χ0v) is 10.3. The molecule has 1 N–H and O–H groups in total. The van der Waals surface area contributed by atoms with Gasteiger partial charge in [-0.2, -0.15) is 5.10 Å². The lowest BCUT2D eigenvalue weighted by molar-refractivity contribution is -0.384. The smallest absolute Gasteiger partial charge is 0.292 e. The number of rotatable bonds is 5. The van der Waals surface area contributed by atoms with Crippen LogP contribution in [0.15, 0.2) is 30.5 Å². The Kier molecular flexibility index (Phi) is 3.74. The van der Waals surface area contributed by atoms with Gasteiger partial charge in [-0.3, -0.25) is 14.8 Å². The Morgan fingerprint density at radius 3 is 2.89 bits per heavy atom. The number of nitrogens with zero attached hydrogens (tertiary/aromatic N) is 3. The van der Waals surface area contributed by atoms with Gasteiger partial charge in [-0.1, -0.05) is 0 Å². The Morgan fingerprint density at radius 2 is 2.26 bits per heavy atom. The number of nitro groups is 1. The molecule has 0 aliphatic carbocycles. The van der Waals surface area contributed by atoms with Crippen LogP contribution in [0.1, 0.15) is 5.69 Å². The highest BCUT2D eigenvalue weighted by Gasteiger charge is 2.13. The lowest BCUT2D eigenvalue weighted by Gasteiger charge is -2.07. The first-order chi connectivity index (χ1) is 9.08. The molecule has 6 nitrogen and oxygen atoms in total. The number of aromatic nitrogens is 2. The standard InChI is InChI=1S/C12H13FN4O2/c1-16-10(5-7-15-16)4-6-14-11-8-9(13)2-3-12(11)17(18)19/h2-3,5,7-8,14H,4,6H2,1H3. The minimum atomic E-state index is -0.536. The van der Waals surface area contributed by atoms with Crippen LogP contribution in [0.3, 0.4) is 0 Å². The Balaban J connectivity index is 2.05. The van der Waals surface area contributed by atoms with Crippen molar-refractivity contribution in [3.8, 4) is 0 Å². The first-order valence-corrected chi connectivity index (χ1v) is 5.72. The molecule has 0 aliphatic rings. The van der Waals surface area contributed by atoms with Crippen molar-refractivity contribution in [1.82, 2.24) is 9.78 Å². The van der Waals surface area contributed by atoms with Gasteiger partial charge in [-0.05, 0) is 12.1 Å². The molecular formula is C12H13FN4O2. The molecule has 0 spiro atoms. The molecule has 0 atom stereocenters. The van der Waals surface area contributed by atoms with Gasteiger partial charge in [0.1, 0.15) is 11.5 Å². The Morgan fingerprint density at radius 1 is 1.47 bits per heavy atom. The zero-order valence-electron chi connectivity index (χ0n) is 10.3. The van der Waals surface area contributed by atoms with E-state index in [9.17, 15) is 14.5 Å². The molecule has 0 bridgehead atoms. The van der Waals surface area contributed by atoms with E-state index in [1.165, 1.54) is 0 Å². The summed E-state index contributed by atoms with van der Waals surface area (Å²) in [5, 5.41) is 17.7. The van der Waals surface area contributed by atoms with Crippen molar-refractivity contribution in [3.63, 3.8) is 0 Å². The number of anilines is 1. The molecule has 0 saturated carbocycles. The maximum Gasteiger partial charge on any atom is 0.292 e. The predicted octanol–water partition coefficient (Wildman–Crippen LogP) is 2.12. The summed E-state index contributed by atoms with van der Waals surface area (Å²) >= 11 is 0. The second kappa shape index (κ2) is 5.47. The van der Waals surface area contributed by atoms with Gasteiger partial charge in [-0.15, -0.1) is 0 Å². The number of halogens is 1. The van der Waals surface area contributed by atoms with Crippen LogP contribution in [-0.2, 0) is 13.5 Å². The minimum Gasteiger partial charge on any atom is -0.379 e. The fourth-order valence-electron chi connectivity index (χ4n) is 1.78. The number of hydrogen-bond acceptors (Lipinski definition) is 4. The third kappa shape index (κ3) is 3.06. The van der Waals surface area contributed by atoms with Crippen molar-refractivity contribution in [1.29, 1.82) is 0 Å². The highest BCUT2D eigenvalue weighted by Crippen LogP contribution is 2.24. The van der Waals surface area contributed by atoms with Crippen LogP contribution in [0.4, 0.5) is 15.8 Å². The number of aryl methyl sites for hydroxylation is 1. The molecule has 2 aromatic rings. The van der Waals surface area contributed by atoms with E-state index >= 15 is 0 Å². The molecule has 0 unspecified atom stereocenters. The number of nitrogens with one attached hydrogen (secondary N) is 1. The fraction of sp³-hybridized carbons (Fsp3) is 0.250. The highest BCUT2D eigenvalue weighted by atomic mass is 19.1. The van der Waals surface area contributed by atoms with Crippen LogP contribution in [0.25, 0.3) is 0 Å². The third-order valence-electron chi connectivity index (χ3n) is 2.77. The maximum atomic E-state index is 13.1. The molecular weight excluding hydrogens is 251 g/mol. The van der Waals surface area contributed by atoms with E-state index in [-0.39, 0.29) is 11.4 Å². The van der Waals surface area contributed by atoms with E-state index in [0.717, 1.165) is 23.9 Å². The summed E-state index contributed by atoms with van der Waals surface area (Å²) in [6, 6.07) is 5.22. The fourth-order valence-corrected chi connectivity index (χ4v) is 1.78. The second-order valence-corrected chi connectivity index (χ2v) is 4.04. The van der Waals surface area contributed by atoms with Crippen LogP contribution in [0, 0.1) is 15.9 Å². The molecule has 0 saturated heterocycles. The van der Waals surface area contributed by atoms with Crippen LogP contribution in [-0.4, -0.2) is 21.2 Å². The van der Waals surface area contributed by atoms with Crippen molar-refractivity contribution < 1.29 is 9.31 Å². The Hall–Kier alpha value is -2.44. The first kappa shape index (κ1) is 13.0. The van der Waals surface area contributed by atoms with Crippen molar-refractivity contribution in [3.05, 3.63) is 52.1 Å². The van der Waals surface area contributed by atoms with Crippen molar-refractivity contribution in [2.24, 2.45) is 7.05 Å². The van der Waals surface area contributed by atoms with E-state index < -0.39 is 10.7 Å². The lowest BCUT2D eigenvalue weighted by Crippen LogP contribution is -2.09. The van der Waals surface area contributed by atoms with Gasteiger partial charge in [0.05, 0.1) is 4.92 Å². The molecule has 1 heterocycles. The molecule has 0 radical (unpaired) electrons. The normalized spacial score (nSPS) is 10.4. The predicted molar refractivity (Wildman–Crippen MR) is 68.5 cm³/mol. The van der Waals surface area contributed by atoms with Gasteiger partial charge in [0.15, 0.2) is 0 Å². The lowest BCUT2D eigenvalue weighted by atomic mass is 10.2. The van der Waals surface area contributed by atoms with E-state index in [4.69, 9.17) is 0 Å². The number of benzene rings is 1. The van der Waals surface area contributed by atoms with Crippen LogP contribution in [0.2, 0.25) is 0 Å². The van der Waals surface area contributed by atoms with E-state index in [1.807, 2.05) is 13.1 Å². The average Bonchev–Trinajstić information content (AvgIpc) is 2.75. The molecule has 0 fully saturated rings. The summed E-state index contributed by atoms with van der Waals surface area (Å²) in [5.74, 6) is -0.506. The largest absolute Gasteiger partial charge is 0.379 e. The summed E-state index contributed by atoms with van der Waals surface area (Å²) in [7, 11) is 1.82. The minimum absolute atomic E-state index is 0.133. The van der Waals surface area contributed by atoms with Crippen molar-refractivity contribution in [2.75, 3.05) is 11.9 Å². The maximum absolute atomic E-state index is 13.1. The van der Waals surface area contributed by atoms with E-state index in [2.05, 4.69) is 10.4 Å². The molecule has 0 amide bonds. The molecule has 1 aromatic heterocycles. The Bertz CT molecular complexity index is 597. The first-order valence-electron chi connectivity index (χ1n) is 5.72. The van der Waals surface area contributed by atoms with Crippen molar-refractivity contribution >= 4 is 11.4 Å². The summed E-state index contributed by atoms with van der Waals surface area (Å²) in [5.41, 5.74) is 1.05. The van der Waals surface area contributed by atoms with Crippen LogP contribution < -0.4 is 5.32 Å². The molecule has 0 aliphatic heterocycles. The van der Waals surface area contributed by atoms with E-state index in [0.29, 0.717) is 13.0 Å². The summed E-state index contributed by atoms with van der Waals surface area (Å²) in [6.07, 6.45) is 2.32. The van der Waals surface area contributed by atoms with Crippen LogP contribution >= 0.6 is 0 Å². The topological polar surface area (TPSA) is 73.0 Å². The SMILES string of the molecule is Cn1nccc1CCNc1cc(F)ccc1[N+](=O)[O-]. The summed E-state index contributed by atoms with van der Waals surface area (Å²) < 4.78 is 14.8. The molecule has 1 aromatic carbocycles.